The topological polar surface area (TPSA) is 87.3 Å². The van der Waals surface area contributed by atoms with Crippen molar-refractivity contribution in [2.75, 3.05) is 0 Å². The number of nitrogens with one attached hydrogen (secondary N) is 3. The molecule has 0 saturated heterocycles. The van der Waals surface area contributed by atoms with E-state index < -0.39 is 23.7 Å². The van der Waals surface area contributed by atoms with E-state index in [1.807, 2.05) is 19.1 Å². The molecule has 3 amide bonds. The van der Waals surface area contributed by atoms with Gasteiger partial charge in [-0.25, -0.2) is 4.39 Å². The molecule has 0 radical (unpaired) electrons. The number of carbonyl (C=O) groups excluding carboxylic acids is 3. The molecule has 27 heavy (non-hydrogen) atoms. The van der Waals surface area contributed by atoms with Crippen LogP contribution in [-0.4, -0.2) is 23.8 Å². The molecule has 0 bridgehead atoms. The highest BCUT2D eigenvalue weighted by Crippen LogP contribution is 2.09. The normalized spacial score (nSPS) is 11.6. The van der Waals surface area contributed by atoms with Crippen molar-refractivity contribution in [3.05, 3.63) is 71.0 Å². The van der Waals surface area contributed by atoms with Crippen LogP contribution in [0.1, 0.15) is 40.1 Å². The Morgan fingerprint density at radius 3 is 2.11 bits per heavy atom. The van der Waals surface area contributed by atoms with Crippen molar-refractivity contribution in [2.24, 2.45) is 5.92 Å². The molecule has 1 unspecified atom stereocenters. The average Bonchev–Trinajstić information content (AvgIpc) is 2.64. The molecule has 7 heteroatoms. The minimum atomic E-state index is -0.842. The van der Waals surface area contributed by atoms with Crippen LogP contribution >= 0.6 is 0 Å². The molecule has 2 aromatic carbocycles. The van der Waals surface area contributed by atoms with Crippen LogP contribution in [0, 0.1) is 18.7 Å². The Morgan fingerprint density at radius 1 is 0.889 bits per heavy atom. The average molecular weight is 371 g/mol. The van der Waals surface area contributed by atoms with Crippen molar-refractivity contribution in [1.29, 1.82) is 0 Å². The van der Waals surface area contributed by atoms with Crippen molar-refractivity contribution in [1.82, 2.24) is 16.2 Å². The van der Waals surface area contributed by atoms with Gasteiger partial charge in [-0.15, -0.1) is 0 Å². The van der Waals surface area contributed by atoms with Crippen molar-refractivity contribution in [2.45, 2.75) is 26.8 Å². The van der Waals surface area contributed by atoms with Crippen LogP contribution in [-0.2, 0) is 4.79 Å². The fourth-order valence-electron chi connectivity index (χ4n) is 2.45. The van der Waals surface area contributed by atoms with Gasteiger partial charge in [-0.1, -0.05) is 32.0 Å². The number of halogens is 1. The Labute approximate surface area is 157 Å². The monoisotopic (exact) mass is 371 g/mol. The van der Waals surface area contributed by atoms with Gasteiger partial charge in [0.1, 0.15) is 11.9 Å². The van der Waals surface area contributed by atoms with E-state index in [1.165, 1.54) is 12.1 Å². The molecule has 6 nitrogen and oxygen atoms in total. The molecule has 0 aliphatic heterocycles. The van der Waals surface area contributed by atoms with Gasteiger partial charge < -0.3 is 5.32 Å². The summed E-state index contributed by atoms with van der Waals surface area (Å²) in [6, 6.07) is 11.1. The third-order valence-electron chi connectivity index (χ3n) is 4.03. The lowest BCUT2D eigenvalue weighted by molar-refractivity contribution is -0.124. The van der Waals surface area contributed by atoms with Gasteiger partial charge in [-0.2, -0.15) is 0 Å². The summed E-state index contributed by atoms with van der Waals surface area (Å²) < 4.78 is 12.9. The van der Waals surface area contributed by atoms with Gasteiger partial charge in [0.2, 0.25) is 0 Å². The number of hydrogen-bond donors (Lipinski definition) is 3. The van der Waals surface area contributed by atoms with Gasteiger partial charge in [-0.3, -0.25) is 25.2 Å². The van der Waals surface area contributed by atoms with Gasteiger partial charge in [0.15, 0.2) is 0 Å². The first-order valence-corrected chi connectivity index (χ1v) is 8.52. The molecule has 2 rings (SSSR count). The Kier molecular flexibility index (Phi) is 6.65. The molecule has 0 aliphatic carbocycles. The molecule has 0 heterocycles. The van der Waals surface area contributed by atoms with Crippen LogP contribution in [0.4, 0.5) is 4.39 Å². The van der Waals surface area contributed by atoms with E-state index in [0.29, 0.717) is 5.56 Å². The first-order chi connectivity index (χ1) is 12.8. The van der Waals surface area contributed by atoms with Gasteiger partial charge in [0.05, 0.1) is 0 Å². The largest absolute Gasteiger partial charge is 0.340 e. The van der Waals surface area contributed by atoms with Gasteiger partial charge in [-0.05, 0) is 48.7 Å². The van der Waals surface area contributed by atoms with Crippen molar-refractivity contribution < 1.29 is 18.8 Å². The maximum Gasteiger partial charge on any atom is 0.269 e. The van der Waals surface area contributed by atoms with E-state index >= 15 is 0 Å². The highest BCUT2D eigenvalue weighted by Gasteiger charge is 2.25. The third kappa shape index (κ3) is 5.37. The number of rotatable bonds is 5. The summed E-state index contributed by atoms with van der Waals surface area (Å²) in [6.45, 7) is 5.37. The summed E-state index contributed by atoms with van der Waals surface area (Å²) in [7, 11) is 0. The minimum absolute atomic E-state index is 0.196. The zero-order valence-electron chi connectivity index (χ0n) is 15.4. The molecule has 0 aromatic heterocycles. The van der Waals surface area contributed by atoms with Crippen LogP contribution in [0.25, 0.3) is 0 Å². The molecule has 0 saturated carbocycles. The summed E-state index contributed by atoms with van der Waals surface area (Å²) in [6.07, 6.45) is 0. The zero-order chi connectivity index (χ0) is 20.0. The maximum absolute atomic E-state index is 12.9. The number of aryl methyl sites for hydroxylation is 1. The Balaban J connectivity index is 2.00. The van der Waals surface area contributed by atoms with E-state index in [-0.39, 0.29) is 17.4 Å². The van der Waals surface area contributed by atoms with Gasteiger partial charge in [0, 0.05) is 11.1 Å². The smallest absolute Gasteiger partial charge is 0.269 e. The highest BCUT2D eigenvalue weighted by atomic mass is 19.1. The number of hydrogen-bond acceptors (Lipinski definition) is 3. The van der Waals surface area contributed by atoms with E-state index in [1.54, 1.807) is 26.0 Å². The van der Waals surface area contributed by atoms with Crippen LogP contribution in [0.15, 0.2) is 48.5 Å². The summed E-state index contributed by atoms with van der Waals surface area (Å²) >= 11 is 0. The quantitative estimate of drug-likeness (QED) is 0.705. The van der Waals surface area contributed by atoms with Gasteiger partial charge in [0.25, 0.3) is 17.7 Å². The molecule has 0 aliphatic rings. The van der Waals surface area contributed by atoms with E-state index in [4.69, 9.17) is 0 Å². The summed E-state index contributed by atoms with van der Waals surface area (Å²) in [5.41, 5.74) is 6.04. The molecule has 0 fully saturated rings. The number of hydrazine groups is 1. The predicted molar refractivity (Wildman–Crippen MR) is 99.3 cm³/mol. The lowest BCUT2D eigenvalue weighted by atomic mass is 10.0. The number of amides is 3. The second kappa shape index (κ2) is 8.93. The molecular formula is C20H22FN3O3. The summed E-state index contributed by atoms with van der Waals surface area (Å²) in [5.74, 6) is -2.18. The molecule has 1 atom stereocenters. The van der Waals surface area contributed by atoms with Crippen LogP contribution in [0.3, 0.4) is 0 Å². The van der Waals surface area contributed by atoms with E-state index in [0.717, 1.165) is 17.7 Å². The molecule has 3 N–H and O–H groups in total. The summed E-state index contributed by atoms with van der Waals surface area (Å²) in [4.78, 5) is 36.9. The van der Waals surface area contributed by atoms with Crippen molar-refractivity contribution >= 4 is 17.7 Å². The molecular weight excluding hydrogens is 349 g/mol. The standard InChI is InChI=1S/C20H22FN3O3/c1-12(2)17(22-19(26)16-7-5-4-6-13(16)3)20(27)24-23-18(25)14-8-10-15(21)11-9-14/h4-12,17H,1-3H3,(H,22,26)(H,23,25)(H,24,27). The van der Waals surface area contributed by atoms with E-state index in [9.17, 15) is 18.8 Å². The zero-order valence-corrected chi connectivity index (χ0v) is 15.4. The third-order valence-corrected chi connectivity index (χ3v) is 4.03. The van der Waals surface area contributed by atoms with Crippen LogP contribution in [0.2, 0.25) is 0 Å². The van der Waals surface area contributed by atoms with Crippen molar-refractivity contribution in [3.63, 3.8) is 0 Å². The SMILES string of the molecule is Cc1ccccc1C(=O)NC(C(=O)NNC(=O)c1ccc(F)cc1)C(C)C. The highest BCUT2D eigenvalue weighted by molar-refractivity contribution is 5.99. The van der Waals surface area contributed by atoms with E-state index in [2.05, 4.69) is 16.2 Å². The molecule has 2 aromatic rings. The van der Waals surface area contributed by atoms with Crippen LogP contribution in [0.5, 0.6) is 0 Å². The number of carbonyl (C=O) groups is 3. The predicted octanol–water partition coefficient (Wildman–Crippen LogP) is 2.35. The fraction of sp³-hybridized carbons (Fsp3) is 0.250. The Bertz CT molecular complexity index is 835. The fourth-order valence-corrected chi connectivity index (χ4v) is 2.45. The van der Waals surface area contributed by atoms with Crippen LogP contribution < -0.4 is 16.2 Å². The first kappa shape index (κ1) is 20.1. The first-order valence-electron chi connectivity index (χ1n) is 8.52. The maximum atomic E-state index is 12.9. The number of benzene rings is 2. The summed E-state index contributed by atoms with van der Waals surface area (Å²) in [5, 5.41) is 2.69. The lowest BCUT2D eigenvalue weighted by Crippen LogP contribution is -2.54. The van der Waals surface area contributed by atoms with Crippen molar-refractivity contribution in [3.8, 4) is 0 Å². The Morgan fingerprint density at radius 2 is 1.52 bits per heavy atom. The lowest BCUT2D eigenvalue weighted by Gasteiger charge is -2.22. The minimum Gasteiger partial charge on any atom is -0.340 e. The second-order valence-electron chi connectivity index (χ2n) is 6.46. The second-order valence-corrected chi connectivity index (χ2v) is 6.46. The Hall–Kier alpha value is -3.22. The molecule has 142 valence electrons. The van der Waals surface area contributed by atoms with Gasteiger partial charge >= 0.3 is 0 Å². The molecule has 0 spiro atoms.